The Morgan fingerprint density at radius 1 is 1.03 bits per heavy atom. The third kappa shape index (κ3) is 4.83. The molecule has 2 heterocycles. The number of nitrogens with zero attached hydrogens (tertiary/aromatic N) is 2. The molecule has 0 unspecified atom stereocenters. The van der Waals surface area contributed by atoms with Gasteiger partial charge in [-0.05, 0) is 36.6 Å². The maximum absolute atomic E-state index is 13.0. The van der Waals surface area contributed by atoms with Crippen molar-refractivity contribution in [3.05, 3.63) is 93.3 Å². The highest BCUT2D eigenvalue weighted by Gasteiger charge is 2.20. The van der Waals surface area contributed by atoms with Gasteiger partial charge < -0.3 is 9.47 Å². The second kappa shape index (κ2) is 9.57. The van der Waals surface area contributed by atoms with E-state index in [2.05, 4.69) is 4.98 Å². The molecule has 0 fully saturated rings. The third-order valence-electron chi connectivity index (χ3n) is 4.92. The van der Waals surface area contributed by atoms with Crippen LogP contribution in [-0.4, -0.2) is 28.7 Å². The molecule has 0 atom stereocenters. The Morgan fingerprint density at radius 2 is 1.74 bits per heavy atom. The molecule has 2 aromatic heterocycles. The number of hydrogen-bond acceptors (Lipinski definition) is 6. The lowest BCUT2D eigenvalue weighted by molar-refractivity contribution is 0.0455. The van der Waals surface area contributed by atoms with E-state index in [0.29, 0.717) is 27.2 Å². The van der Waals surface area contributed by atoms with Crippen LogP contribution in [0.15, 0.2) is 71.8 Å². The van der Waals surface area contributed by atoms with E-state index in [1.807, 2.05) is 60.7 Å². The van der Waals surface area contributed by atoms with E-state index in [4.69, 9.17) is 9.47 Å². The number of aryl methyl sites for hydroxylation is 3. The molecule has 0 saturated heterocycles. The number of carbonyl (C=O) groups is 1. The zero-order chi connectivity index (χ0) is 21.6. The van der Waals surface area contributed by atoms with Crippen LogP contribution < -0.4 is 10.3 Å². The van der Waals surface area contributed by atoms with Gasteiger partial charge in [0.25, 0.3) is 5.56 Å². The molecule has 0 bridgehead atoms. The van der Waals surface area contributed by atoms with Crippen LogP contribution in [0.5, 0.6) is 5.75 Å². The maximum Gasteiger partial charge on any atom is 0.348 e. The summed E-state index contributed by atoms with van der Waals surface area (Å²) < 4.78 is 12.5. The quantitative estimate of drug-likeness (QED) is 0.306. The lowest BCUT2D eigenvalue weighted by atomic mass is 10.1. The third-order valence-corrected chi connectivity index (χ3v) is 6.10. The van der Waals surface area contributed by atoms with Gasteiger partial charge in [0, 0.05) is 6.54 Å². The summed E-state index contributed by atoms with van der Waals surface area (Å²) in [7, 11) is 0. The standard InChI is InChI=1S/C24H22N2O4S/c1-17-20-22(25-16-26(23(20)27)13-12-18-8-4-2-5-9-18)31-21(17)24(28)30-15-14-29-19-10-6-3-7-11-19/h2-11,16H,12-15H2,1H3. The summed E-state index contributed by atoms with van der Waals surface area (Å²) in [4.78, 5) is 30.9. The minimum Gasteiger partial charge on any atom is -0.490 e. The number of aromatic nitrogens is 2. The molecule has 0 spiro atoms. The van der Waals surface area contributed by atoms with Crippen molar-refractivity contribution in [2.75, 3.05) is 13.2 Å². The first kappa shape index (κ1) is 20.8. The highest BCUT2D eigenvalue weighted by molar-refractivity contribution is 7.20. The molecule has 4 rings (SSSR count). The Hall–Kier alpha value is -3.45. The van der Waals surface area contributed by atoms with Crippen molar-refractivity contribution >= 4 is 27.5 Å². The zero-order valence-electron chi connectivity index (χ0n) is 17.1. The van der Waals surface area contributed by atoms with Crippen molar-refractivity contribution in [1.82, 2.24) is 9.55 Å². The van der Waals surface area contributed by atoms with E-state index in [9.17, 15) is 9.59 Å². The Morgan fingerprint density at radius 3 is 2.48 bits per heavy atom. The molecule has 6 nitrogen and oxygen atoms in total. The topological polar surface area (TPSA) is 70.4 Å². The molecule has 0 saturated carbocycles. The average Bonchev–Trinajstić information content (AvgIpc) is 3.15. The molecule has 0 radical (unpaired) electrons. The van der Waals surface area contributed by atoms with Gasteiger partial charge in [-0.2, -0.15) is 0 Å². The highest BCUT2D eigenvalue weighted by Crippen LogP contribution is 2.27. The van der Waals surface area contributed by atoms with E-state index >= 15 is 0 Å². The van der Waals surface area contributed by atoms with Crippen LogP contribution in [-0.2, 0) is 17.7 Å². The average molecular weight is 435 g/mol. The van der Waals surface area contributed by atoms with Gasteiger partial charge in [0.2, 0.25) is 0 Å². The molecule has 7 heteroatoms. The number of carbonyl (C=O) groups excluding carboxylic acids is 1. The van der Waals surface area contributed by atoms with Gasteiger partial charge in [-0.25, -0.2) is 9.78 Å². The maximum atomic E-state index is 13.0. The molecule has 2 aromatic carbocycles. The van der Waals surface area contributed by atoms with Crippen molar-refractivity contribution in [1.29, 1.82) is 0 Å². The van der Waals surface area contributed by atoms with Crippen molar-refractivity contribution in [2.45, 2.75) is 19.9 Å². The number of rotatable bonds is 8. The Labute approximate surface area is 183 Å². The normalized spacial score (nSPS) is 10.9. The lowest BCUT2D eigenvalue weighted by Crippen LogP contribution is -2.21. The first-order valence-electron chi connectivity index (χ1n) is 10.0. The second-order valence-corrected chi connectivity index (χ2v) is 8.01. The summed E-state index contributed by atoms with van der Waals surface area (Å²) in [6.07, 6.45) is 2.28. The van der Waals surface area contributed by atoms with Crippen molar-refractivity contribution in [3.63, 3.8) is 0 Å². The molecule has 158 valence electrons. The molecule has 0 aliphatic carbocycles. The molecule has 0 amide bonds. The van der Waals surface area contributed by atoms with Crippen LogP contribution >= 0.6 is 11.3 Å². The van der Waals surface area contributed by atoms with E-state index in [0.717, 1.165) is 17.7 Å². The van der Waals surface area contributed by atoms with Crippen LogP contribution in [0, 0.1) is 6.92 Å². The van der Waals surface area contributed by atoms with E-state index in [1.54, 1.807) is 17.8 Å². The minimum absolute atomic E-state index is 0.121. The summed E-state index contributed by atoms with van der Waals surface area (Å²) in [6.45, 7) is 2.67. The molecule has 31 heavy (non-hydrogen) atoms. The first-order chi connectivity index (χ1) is 15.1. The number of hydrogen-bond donors (Lipinski definition) is 0. The Kier molecular flexibility index (Phi) is 6.43. The van der Waals surface area contributed by atoms with Crippen molar-refractivity contribution in [3.8, 4) is 5.75 Å². The van der Waals surface area contributed by atoms with Crippen LogP contribution in [0.25, 0.3) is 10.2 Å². The molecular formula is C24H22N2O4S. The van der Waals surface area contributed by atoms with Gasteiger partial charge >= 0.3 is 5.97 Å². The number of fused-ring (bicyclic) bond motifs is 1. The molecule has 0 aliphatic heterocycles. The molecule has 0 aliphatic rings. The van der Waals surface area contributed by atoms with Gasteiger partial charge in [-0.1, -0.05) is 48.5 Å². The summed E-state index contributed by atoms with van der Waals surface area (Å²) in [5, 5.41) is 0.480. The van der Waals surface area contributed by atoms with E-state index in [1.165, 1.54) is 11.3 Å². The van der Waals surface area contributed by atoms with Gasteiger partial charge in [0.05, 0.1) is 11.7 Å². The lowest BCUT2D eigenvalue weighted by Gasteiger charge is -2.07. The van der Waals surface area contributed by atoms with E-state index in [-0.39, 0.29) is 18.8 Å². The van der Waals surface area contributed by atoms with Gasteiger partial charge in [0.15, 0.2) is 0 Å². The highest BCUT2D eigenvalue weighted by atomic mass is 32.1. The number of ether oxygens (including phenoxy) is 2. The Balaban J connectivity index is 1.43. The monoisotopic (exact) mass is 434 g/mol. The fraction of sp³-hybridized carbons (Fsp3) is 0.208. The summed E-state index contributed by atoms with van der Waals surface area (Å²) in [5.41, 5.74) is 1.63. The summed E-state index contributed by atoms with van der Waals surface area (Å²) in [6, 6.07) is 19.3. The van der Waals surface area contributed by atoms with Crippen molar-refractivity contribution in [2.24, 2.45) is 0 Å². The van der Waals surface area contributed by atoms with Crippen LogP contribution in [0.4, 0.5) is 0 Å². The molecule has 4 aromatic rings. The van der Waals surface area contributed by atoms with E-state index < -0.39 is 5.97 Å². The second-order valence-electron chi connectivity index (χ2n) is 7.01. The smallest absolute Gasteiger partial charge is 0.348 e. The first-order valence-corrected chi connectivity index (χ1v) is 10.8. The van der Waals surface area contributed by atoms with Gasteiger partial charge in [0.1, 0.15) is 28.7 Å². The summed E-state index contributed by atoms with van der Waals surface area (Å²) >= 11 is 1.18. The van der Waals surface area contributed by atoms with Crippen LogP contribution in [0.1, 0.15) is 20.8 Å². The van der Waals surface area contributed by atoms with Crippen LogP contribution in [0.2, 0.25) is 0 Å². The van der Waals surface area contributed by atoms with Crippen molar-refractivity contribution < 1.29 is 14.3 Å². The van der Waals surface area contributed by atoms with Gasteiger partial charge in [-0.15, -0.1) is 11.3 Å². The summed E-state index contributed by atoms with van der Waals surface area (Å²) in [5.74, 6) is 0.254. The Bertz CT molecular complexity index is 1230. The minimum atomic E-state index is -0.465. The number of esters is 1. The van der Waals surface area contributed by atoms with Gasteiger partial charge in [-0.3, -0.25) is 9.36 Å². The van der Waals surface area contributed by atoms with Crippen LogP contribution in [0.3, 0.4) is 0 Å². The number of benzene rings is 2. The number of para-hydroxylation sites is 1. The fourth-order valence-electron chi connectivity index (χ4n) is 3.28. The molecular weight excluding hydrogens is 412 g/mol. The fourth-order valence-corrected chi connectivity index (χ4v) is 4.32. The predicted molar refractivity (Wildman–Crippen MR) is 121 cm³/mol. The zero-order valence-corrected chi connectivity index (χ0v) is 17.9. The largest absolute Gasteiger partial charge is 0.490 e. The SMILES string of the molecule is Cc1c(C(=O)OCCOc2ccccc2)sc2ncn(CCc3ccccc3)c(=O)c12. The predicted octanol–water partition coefficient (Wildman–Crippen LogP) is 4.24. The number of thiophene rings is 1. The molecule has 0 N–H and O–H groups in total.